The minimum absolute atomic E-state index is 0.0450. The molecule has 0 saturated heterocycles. The van der Waals surface area contributed by atoms with Crippen LogP contribution in [0.1, 0.15) is 39.5 Å². The SMILES string of the molecule is COC(=O)C(Br)CNC(=O)C1CCCCC1(C)C. The Balaban J connectivity index is 2.47. The zero-order chi connectivity index (χ0) is 13.8. The first-order valence-corrected chi connectivity index (χ1v) is 7.29. The second-order valence-electron chi connectivity index (χ2n) is 5.52. The summed E-state index contributed by atoms with van der Waals surface area (Å²) in [5.41, 5.74) is 0.0510. The number of nitrogens with one attached hydrogen (secondary N) is 1. The van der Waals surface area contributed by atoms with Crippen molar-refractivity contribution in [3.63, 3.8) is 0 Å². The van der Waals surface area contributed by atoms with E-state index in [0.717, 1.165) is 19.3 Å². The van der Waals surface area contributed by atoms with Crippen molar-refractivity contribution < 1.29 is 14.3 Å². The Kier molecular flexibility index (Phi) is 5.63. The van der Waals surface area contributed by atoms with E-state index < -0.39 is 4.83 Å². The molecule has 1 N–H and O–H groups in total. The van der Waals surface area contributed by atoms with Gasteiger partial charge in [0.2, 0.25) is 5.91 Å². The molecule has 4 nitrogen and oxygen atoms in total. The summed E-state index contributed by atoms with van der Waals surface area (Å²) in [6.45, 7) is 4.56. The number of carbonyl (C=O) groups is 2. The molecule has 0 aliphatic heterocycles. The highest BCUT2D eigenvalue weighted by atomic mass is 79.9. The summed E-state index contributed by atoms with van der Waals surface area (Å²) in [4.78, 5) is 22.9. The Labute approximate surface area is 117 Å². The largest absolute Gasteiger partial charge is 0.468 e. The third-order valence-electron chi connectivity index (χ3n) is 3.74. The van der Waals surface area contributed by atoms with Crippen LogP contribution in [-0.4, -0.2) is 30.4 Å². The van der Waals surface area contributed by atoms with Crippen molar-refractivity contribution in [2.24, 2.45) is 11.3 Å². The van der Waals surface area contributed by atoms with Gasteiger partial charge in [-0.2, -0.15) is 0 Å². The molecule has 0 radical (unpaired) electrons. The number of carbonyl (C=O) groups excluding carboxylic acids is 2. The number of alkyl halides is 1. The summed E-state index contributed by atoms with van der Waals surface area (Å²) >= 11 is 3.20. The third-order valence-corrected chi connectivity index (χ3v) is 4.43. The first-order chi connectivity index (χ1) is 8.38. The van der Waals surface area contributed by atoms with Gasteiger partial charge in [0.15, 0.2) is 0 Å². The maximum Gasteiger partial charge on any atom is 0.321 e. The van der Waals surface area contributed by atoms with Gasteiger partial charge < -0.3 is 10.1 Å². The fourth-order valence-electron chi connectivity index (χ4n) is 2.50. The Bertz CT molecular complexity index is 317. The van der Waals surface area contributed by atoms with Gasteiger partial charge in [-0.05, 0) is 18.3 Å². The van der Waals surface area contributed by atoms with Crippen molar-refractivity contribution in [1.29, 1.82) is 0 Å². The minimum Gasteiger partial charge on any atom is -0.468 e. The quantitative estimate of drug-likeness (QED) is 0.638. The van der Waals surface area contributed by atoms with Crippen LogP contribution in [0.15, 0.2) is 0 Å². The molecule has 0 spiro atoms. The van der Waals surface area contributed by atoms with E-state index in [1.165, 1.54) is 13.5 Å². The van der Waals surface area contributed by atoms with Gasteiger partial charge in [-0.1, -0.05) is 42.6 Å². The molecule has 1 aliphatic carbocycles. The van der Waals surface area contributed by atoms with Crippen molar-refractivity contribution in [3.8, 4) is 0 Å². The number of rotatable bonds is 4. The molecule has 0 bridgehead atoms. The number of methoxy groups -OCH3 is 1. The predicted octanol–water partition coefficient (Wildman–Crippen LogP) is 2.26. The molecule has 104 valence electrons. The van der Waals surface area contributed by atoms with E-state index in [1.54, 1.807) is 0 Å². The third kappa shape index (κ3) is 3.97. The fraction of sp³-hybridized carbons (Fsp3) is 0.846. The predicted molar refractivity (Wildman–Crippen MR) is 73.5 cm³/mol. The van der Waals surface area contributed by atoms with Crippen molar-refractivity contribution in [3.05, 3.63) is 0 Å². The van der Waals surface area contributed by atoms with Crippen molar-refractivity contribution in [2.75, 3.05) is 13.7 Å². The molecule has 2 atom stereocenters. The van der Waals surface area contributed by atoms with Crippen LogP contribution in [0, 0.1) is 11.3 Å². The Morgan fingerprint density at radius 1 is 1.44 bits per heavy atom. The van der Waals surface area contributed by atoms with E-state index in [4.69, 9.17) is 0 Å². The number of halogens is 1. The highest BCUT2D eigenvalue weighted by molar-refractivity contribution is 9.10. The topological polar surface area (TPSA) is 55.4 Å². The summed E-state index contributed by atoms with van der Waals surface area (Å²) in [6, 6.07) is 0. The van der Waals surface area contributed by atoms with Gasteiger partial charge in [0, 0.05) is 12.5 Å². The lowest BCUT2D eigenvalue weighted by Crippen LogP contribution is -2.43. The molecule has 1 rings (SSSR count). The lowest BCUT2D eigenvalue weighted by molar-refractivity contribution is -0.139. The van der Waals surface area contributed by atoms with Gasteiger partial charge in [0.1, 0.15) is 4.83 Å². The van der Waals surface area contributed by atoms with Crippen molar-refractivity contribution >= 4 is 27.8 Å². The van der Waals surface area contributed by atoms with E-state index in [9.17, 15) is 9.59 Å². The van der Waals surface area contributed by atoms with Crippen LogP contribution in [0.3, 0.4) is 0 Å². The molecule has 0 aromatic heterocycles. The lowest BCUT2D eigenvalue weighted by Gasteiger charge is -2.37. The van der Waals surface area contributed by atoms with Crippen LogP contribution in [0.25, 0.3) is 0 Å². The number of amides is 1. The van der Waals surface area contributed by atoms with Gasteiger partial charge in [-0.25, -0.2) is 0 Å². The highest BCUT2D eigenvalue weighted by Crippen LogP contribution is 2.40. The summed E-state index contributed by atoms with van der Waals surface area (Å²) in [5.74, 6) is -0.269. The zero-order valence-electron chi connectivity index (χ0n) is 11.3. The number of hydrogen-bond acceptors (Lipinski definition) is 3. The standard InChI is InChI=1S/C13H22BrNO3/c1-13(2)7-5-4-6-9(13)11(16)15-8-10(14)12(17)18-3/h9-10H,4-8H2,1-3H3,(H,15,16). The van der Waals surface area contributed by atoms with Gasteiger partial charge in [0.05, 0.1) is 7.11 Å². The second-order valence-corrected chi connectivity index (χ2v) is 6.63. The zero-order valence-corrected chi connectivity index (χ0v) is 12.9. The minimum atomic E-state index is -0.474. The maximum atomic E-state index is 12.1. The molecule has 0 heterocycles. The molecular formula is C13H22BrNO3. The van der Waals surface area contributed by atoms with E-state index in [1.807, 2.05) is 0 Å². The van der Waals surface area contributed by atoms with Crippen LogP contribution in [0.4, 0.5) is 0 Å². The number of ether oxygens (including phenoxy) is 1. The smallest absolute Gasteiger partial charge is 0.321 e. The monoisotopic (exact) mass is 319 g/mol. The fourth-order valence-corrected chi connectivity index (χ4v) is 2.85. The van der Waals surface area contributed by atoms with Crippen LogP contribution in [0.5, 0.6) is 0 Å². The number of hydrogen-bond donors (Lipinski definition) is 1. The van der Waals surface area contributed by atoms with Crippen molar-refractivity contribution in [2.45, 2.75) is 44.4 Å². The lowest BCUT2D eigenvalue weighted by atomic mass is 9.68. The molecule has 1 amide bonds. The molecule has 18 heavy (non-hydrogen) atoms. The molecule has 1 fully saturated rings. The molecule has 0 aromatic rings. The van der Waals surface area contributed by atoms with E-state index >= 15 is 0 Å². The van der Waals surface area contributed by atoms with E-state index in [-0.39, 0.29) is 29.8 Å². The van der Waals surface area contributed by atoms with Crippen molar-refractivity contribution in [1.82, 2.24) is 5.32 Å². The Morgan fingerprint density at radius 3 is 2.67 bits per heavy atom. The highest BCUT2D eigenvalue weighted by Gasteiger charge is 2.37. The Morgan fingerprint density at radius 2 is 2.11 bits per heavy atom. The summed E-state index contributed by atoms with van der Waals surface area (Å²) < 4.78 is 4.59. The maximum absolute atomic E-state index is 12.1. The van der Waals surface area contributed by atoms with Crippen LogP contribution < -0.4 is 5.32 Å². The van der Waals surface area contributed by atoms with Crippen LogP contribution in [-0.2, 0) is 14.3 Å². The molecular weight excluding hydrogens is 298 g/mol. The molecule has 1 aliphatic rings. The summed E-state index contributed by atoms with van der Waals surface area (Å²) in [5, 5.41) is 2.84. The molecule has 0 aromatic carbocycles. The summed E-state index contributed by atoms with van der Waals surface area (Å²) in [6.07, 6.45) is 4.32. The first-order valence-electron chi connectivity index (χ1n) is 6.38. The second kappa shape index (κ2) is 6.55. The average molecular weight is 320 g/mol. The van der Waals surface area contributed by atoms with Gasteiger partial charge in [0.25, 0.3) is 0 Å². The molecule has 2 unspecified atom stereocenters. The normalized spacial score (nSPS) is 24.1. The summed E-state index contributed by atoms with van der Waals surface area (Å²) in [7, 11) is 1.34. The Hall–Kier alpha value is -0.580. The van der Waals surface area contributed by atoms with E-state index in [2.05, 4.69) is 39.8 Å². The van der Waals surface area contributed by atoms with Crippen LogP contribution >= 0.6 is 15.9 Å². The van der Waals surface area contributed by atoms with Gasteiger partial charge in [-0.15, -0.1) is 0 Å². The van der Waals surface area contributed by atoms with Gasteiger partial charge in [-0.3, -0.25) is 9.59 Å². The van der Waals surface area contributed by atoms with E-state index in [0.29, 0.717) is 0 Å². The first kappa shape index (κ1) is 15.5. The number of esters is 1. The van der Waals surface area contributed by atoms with Gasteiger partial charge >= 0.3 is 5.97 Å². The average Bonchev–Trinajstić information content (AvgIpc) is 2.33. The van der Waals surface area contributed by atoms with Crippen LogP contribution in [0.2, 0.25) is 0 Å². The molecule has 5 heteroatoms. The molecule has 1 saturated carbocycles.